The number of allylic oxidation sites excluding steroid dienone is 1. The van der Waals surface area contributed by atoms with Gasteiger partial charge >= 0.3 is 0 Å². The van der Waals surface area contributed by atoms with Crippen molar-refractivity contribution in [2.24, 2.45) is 0 Å². The van der Waals surface area contributed by atoms with Gasteiger partial charge in [-0.3, -0.25) is 0 Å². The zero-order valence-electron chi connectivity index (χ0n) is 6.47. The summed E-state index contributed by atoms with van der Waals surface area (Å²) in [6.45, 7) is 0. The van der Waals surface area contributed by atoms with E-state index in [0.717, 1.165) is 0 Å². The van der Waals surface area contributed by atoms with E-state index >= 15 is 0 Å². The Kier molecular flexibility index (Phi) is 2.48. The van der Waals surface area contributed by atoms with Crippen LogP contribution in [0.4, 0.5) is 8.78 Å². The van der Waals surface area contributed by atoms with Gasteiger partial charge in [0, 0.05) is 0 Å². The minimum atomic E-state index is -3.35. The van der Waals surface area contributed by atoms with Crippen molar-refractivity contribution in [2.75, 3.05) is 7.05 Å². The Balaban J connectivity index is 2.62. The third kappa shape index (κ3) is 1.64. The Hall–Kier alpha value is -0.490. The maximum absolute atomic E-state index is 11.8. The quantitative estimate of drug-likeness (QED) is 0.713. The normalized spacial score (nSPS) is 23.6. The molecular weight excluding hydrogens is 188 g/mol. The van der Waals surface area contributed by atoms with Crippen molar-refractivity contribution in [3.63, 3.8) is 0 Å². The van der Waals surface area contributed by atoms with E-state index in [1.54, 1.807) is 0 Å². The SMILES string of the molecule is CNS(=O)(=O)C1CC(=C(F)F)C1. The van der Waals surface area contributed by atoms with Crippen LogP contribution in [0.2, 0.25) is 0 Å². The van der Waals surface area contributed by atoms with Crippen LogP contribution < -0.4 is 4.72 Å². The monoisotopic (exact) mass is 197 g/mol. The van der Waals surface area contributed by atoms with Gasteiger partial charge in [0.2, 0.25) is 10.0 Å². The van der Waals surface area contributed by atoms with Crippen LogP contribution in [-0.2, 0) is 10.0 Å². The molecular formula is C6H9F2NO2S. The van der Waals surface area contributed by atoms with E-state index in [1.165, 1.54) is 7.05 Å². The van der Waals surface area contributed by atoms with Crippen LogP contribution in [0.15, 0.2) is 11.7 Å². The van der Waals surface area contributed by atoms with Crippen molar-refractivity contribution in [3.05, 3.63) is 11.7 Å². The summed E-state index contributed by atoms with van der Waals surface area (Å²) in [4.78, 5) is 0. The molecule has 70 valence electrons. The van der Waals surface area contributed by atoms with E-state index in [4.69, 9.17) is 0 Å². The lowest BCUT2D eigenvalue weighted by molar-refractivity contribution is 0.387. The van der Waals surface area contributed by atoms with E-state index in [2.05, 4.69) is 4.72 Å². The summed E-state index contributed by atoms with van der Waals surface area (Å²) >= 11 is 0. The summed E-state index contributed by atoms with van der Waals surface area (Å²) in [5, 5.41) is -0.668. The lowest BCUT2D eigenvalue weighted by Crippen LogP contribution is -2.38. The molecule has 6 heteroatoms. The summed E-state index contributed by atoms with van der Waals surface area (Å²) in [6.07, 6.45) is -1.81. The molecule has 0 bridgehead atoms. The number of hydrogen-bond acceptors (Lipinski definition) is 2. The fraction of sp³-hybridized carbons (Fsp3) is 0.667. The minimum absolute atomic E-state index is 0.0362. The molecule has 0 aliphatic heterocycles. The second-order valence-electron chi connectivity index (χ2n) is 2.64. The van der Waals surface area contributed by atoms with Crippen molar-refractivity contribution < 1.29 is 17.2 Å². The topological polar surface area (TPSA) is 46.2 Å². The maximum Gasteiger partial charge on any atom is 0.269 e. The van der Waals surface area contributed by atoms with Crippen molar-refractivity contribution in [1.29, 1.82) is 0 Å². The molecule has 1 aliphatic rings. The molecule has 0 saturated heterocycles. The molecule has 1 N–H and O–H groups in total. The molecule has 0 heterocycles. The first-order valence-corrected chi connectivity index (χ1v) is 4.97. The van der Waals surface area contributed by atoms with Gasteiger partial charge in [-0.25, -0.2) is 13.1 Å². The molecule has 12 heavy (non-hydrogen) atoms. The highest BCUT2D eigenvalue weighted by molar-refractivity contribution is 7.90. The van der Waals surface area contributed by atoms with E-state index < -0.39 is 21.4 Å². The van der Waals surface area contributed by atoms with Crippen molar-refractivity contribution in [1.82, 2.24) is 4.72 Å². The molecule has 0 aromatic carbocycles. The predicted octanol–water partition coefficient (Wildman–Crippen LogP) is 0.849. The van der Waals surface area contributed by atoms with Crippen LogP contribution in [0.3, 0.4) is 0 Å². The Morgan fingerprint density at radius 2 is 2.00 bits per heavy atom. The maximum atomic E-state index is 11.8. The molecule has 0 unspecified atom stereocenters. The third-order valence-electron chi connectivity index (χ3n) is 1.94. The van der Waals surface area contributed by atoms with Gasteiger partial charge in [-0.15, -0.1) is 0 Å². The fourth-order valence-electron chi connectivity index (χ4n) is 1.03. The third-order valence-corrected chi connectivity index (χ3v) is 3.72. The summed E-state index contributed by atoms with van der Waals surface area (Å²) < 4.78 is 47.7. The summed E-state index contributed by atoms with van der Waals surface area (Å²) in [6, 6.07) is 0. The van der Waals surface area contributed by atoms with Crippen LogP contribution in [0.5, 0.6) is 0 Å². The van der Waals surface area contributed by atoms with Crippen LogP contribution in [-0.4, -0.2) is 20.7 Å². The first-order chi connectivity index (χ1) is 5.47. The van der Waals surface area contributed by atoms with Gasteiger partial charge in [0.1, 0.15) is 0 Å². The van der Waals surface area contributed by atoms with Gasteiger partial charge in [0.05, 0.1) is 5.25 Å². The molecule has 3 nitrogen and oxygen atoms in total. The highest BCUT2D eigenvalue weighted by Crippen LogP contribution is 2.34. The molecule has 1 aliphatic carbocycles. The Bertz CT molecular complexity index is 298. The minimum Gasteiger partial charge on any atom is -0.218 e. The zero-order valence-corrected chi connectivity index (χ0v) is 7.29. The van der Waals surface area contributed by atoms with Crippen molar-refractivity contribution in [2.45, 2.75) is 18.1 Å². The molecule has 1 saturated carbocycles. The Labute approximate surface area is 69.5 Å². The molecule has 0 spiro atoms. The highest BCUT2D eigenvalue weighted by atomic mass is 32.2. The first-order valence-electron chi connectivity index (χ1n) is 3.42. The van der Waals surface area contributed by atoms with Crippen LogP contribution in [0.25, 0.3) is 0 Å². The number of halogens is 2. The van der Waals surface area contributed by atoms with Gasteiger partial charge < -0.3 is 0 Å². The van der Waals surface area contributed by atoms with Crippen LogP contribution in [0.1, 0.15) is 12.8 Å². The first kappa shape index (κ1) is 9.60. The van der Waals surface area contributed by atoms with E-state index in [0.29, 0.717) is 0 Å². The smallest absolute Gasteiger partial charge is 0.218 e. The number of hydrogen-bond donors (Lipinski definition) is 1. The van der Waals surface area contributed by atoms with Gasteiger partial charge in [-0.2, -0.15) is 8.78 Å². The number of sulfonamides is 1. The Morgan fingerprint density at radius 1 is 1.50 bits per heavy atom. The Morgan fingerprint density at radius 3 is 2.33 bits per heavy atom. The lowest BCUT2D eigenvalue weighted by atomic mass is 9.93. The second kappa shape index (κ2) is 3.10. The molecule has 0 radical (unpaired) electrons. The van der Waals surface area contributed by atoms with E-state index in [1.807, 2.05) is 0 Å². The van der Waals surface area contributed by atoms with Gasteiger partial charge in [-0.05, 0) is 25.5 Å². The molecule has 0 atom stereocenters. The van der Waals surface area contributed by atoms with Gasteiger partial charge in [-0.1, -0.05) is 0 Å². The lowest BCUT2D eigenvalue weighted by Gasteiger charge is -2.27. The van der Waals surface area contributed by atoms with Crippen molar-refractivity contribution >= 4 is 10.0 Å². The molecule has 1 rings (SSSR count). The van der Waals surface area contributed by atoms with Crippen LogP contribution >= 0.6 is 0 Å². The summed E-state index contributed by atoms with van der Waals surface area (Å²) in [5.74, 6) is 0. The highest BCUT2D eigenvalue weighted by Gasteiger charge is 2.36. The van der Waals surface area contributed by atoms with Crippen LogP contribution in [0, 0.1) is 0 Å². The fourth-order valence-corrected chi connectivity index (χ4v) is 2.20. The van der Waals surface area contributed by atoms with Gasteiger partial charge in [0.25, 0.3) is 6.08 Å². The molecule has 0 aromatic rings. The predicted molar refractivity (Wildman–Crippen MR) is 40.2 cm³/mol. The van der Waals surface area contributed by atoms with Gasteiger partial charge in [0.15, 0.2) is 0 Å². The number of nitrogens with one attached hydrogen (secondary N) is 1. The molecule has 1 fully saturated rings. The van der Waals surface area contributed by atoms with Crippen molar-refractivity contribution in [3.8, 4) is 0 Å². The number of rotatable bonds is 2. The largest absolute Gasteiger partial charge is 0.269 e. The average Bonchev–Trinajstić information content (AvgIpc) is 1.82. The molecule has 0 amide bonds. The van der Waals surface area contributed by atoms with E-state index in [-0.39, 0.29) is 18.4 Å². The second-order valence-corrected chi connectivity index (χ2v) is 4.81. The standard InChI is InChI=1S/C6H9F2NO2S/c1-9-12(10,11)5-2-4(3-5)6(7)8/h5,9H,2-3H2,1H3. The molecule has 0 aromatic heterocycles. The summed E-state index contributed by atoms with van der Waals surface area (Å²) in [5.41, 5.74) is -0.0428. The zero-order chi connectivity index (χ0) is 9.35. The average molecular weight is 197 g/mol. The van der Waals surface area contributed by atoms with E-state index in [9.17, 15) is 17.2 Å². The summed E-state index contributed by atoms with van der Waals surface area (Å²) in [7, 11) is -2.06.